The fourth-order valence-corrected chi connectivity index (χ4v) is 0.509. The molecule has 0 amide bonds. The molecule has 62 valence electrons. The van der Waals surface area contributed by atoms with Gasteiger partial charge in [0.1, 0.15) is 6.21 Å². The Labute approximate surface area is 69.2 Å². The van der Waals surface area contributed by atoms with Gasteiger partial charge in [0, 0.05) is 0 Å². The summed E-state index contributed by atoms with van der Waals surface area (Å²) in [5.41, 5.74) is 0. The summed E-state index contributed by atoms with van der Waals surface area (Å²) in [6.07, 6.45) is 6.25. The maximum absolute atomic E-state index is 4.92. The van der Waals surface area contributed by atoms with Crippen LogP contribution in [-0.4, -0.2) is 33.0 Å². The van der Waals surface area contributed by atoms with Crippen LogP contribution in [0.1, 0.15) is 5.82 Å². The topological polar surface area (TPSA) is 65.2 Å². The van der Waals surface area contributed by atoms with Crippen LogP contribution in [0.4, 0.5) is 0 Å². The smallest absolute Gasteiger partial charge is 0.219 e. The number of rotatable bonds is 3. The van der Waals surface area contributed by atoms with Gasteiger partial charge in [-0.25, -0.2) is 0 Å². The van der Waals surface area contributed by atoms with Crippen molar-refractivity contribution in [3.05, 3.63) is 5.82 Å². The van der Waals surface area contributed by atoms with Crippen LogP contribution >= 0.6 is 0 Å². The molecule has 0 atom stereocenters. The van der Waals surface area contributed by atoms with E-state index in [4.69, 9.17) is 6.42 Å². The summed E-state index contributed by atoms with van der Waals surface area (Å²) in [6, 6.07) is 0. The molecule has 12 heavy (non-hydrogen) atoms. The summed E-state index contributed by atoms with van der Waals surface area (Å²) in [5.74, 6) is 2.65. The van der Waals surface area contributed by atoms with Crippen molar-refractivity contribution >= 4 is 6.21 Å². The van der Waals surface area contributed by atoms with Gasteiger partial charge in [0.05, 0.1) is 7.05 Å². The van der Waals surface area contributed by atoms with E-state index in [1.807, 2.05) is 0 Å². The Bertz CT molecular complexity index is 310. The first-order chi connectivity index (χ1) is 5.83. The molecule has 0 aliphatic rings. The molecule has 0 saturated heterocycles. The summed E-state index contributed by atoms with van der Waals surface area (Å²) in [5, 5.41) is 14.5. The predicted molar refractivity (Wildman–Crippen MR) is 41.2 cm³/mol. The molecule has 0 radical (unpaired) electrons. The highest BCUT2D eigenvalue weighted by atomic mass is 16.6. The Morgan fingerprint density at radius 2 is 2.67 bits per heavy atom. The number of nitrogens with zero attached hydrogens (tertiary/aromatic N) is 5. The predicted octanol–water partition coefficient (Wildman–Crippen LogP) is -0.806. The highest BCUT2D eigenvalue weighted by molar-refractivity contribution is 5.73. The summed E-state index contributed by atoms with van der Waals surface area (Å²) in [4.78, 5) is 5.93. The lowest BCUT2D eigenvalue weighted by atomic mass is 10.7. The lowest BCUT2D eigenvalue weighted by Crippen LogP contribution is -1.93. The zero-order valence-corrected chi connectivity index (χ0v) is 6.51. The van der Waals surface area contributed by atoms with E-state index >= 15 is 0 Å². The number of oxime groups is 1. The molecule has 1 rings (SSSR count). The molecular formula is C6H7N5O. The van der Waals surface area contributed by atoms with E-state index in [9.17, 15) is 0 Å². The lowest BCUT2D eigenvalue weighted by molar-refractivity contribution is 0.181. The Hall–Kier alpha value is -1.90. The zero-order valence-electron chi connectivity index (χ0n) is 6.51. The van der Waals surface area contributed by atoms with E-state index in [2.05, 4.69) is 31.3 Å². The number of aryl methyl sites for hydroxylation is 1. The number of tetrazole rings is 1. The third kappa shape index (κ3) is 2.38. The standard InChI is InChI=1S/C6H7N5O/c1-3-4-12-7-5-6-8-10-11(2)9-6/h1,5H,4H2,2H3/b7-5+. The Morgan fingerprint density at radius 1 is 1.83 bits per heavy atom. The van der Waals surface area contributed by atoms with Crippen LogP contribution in [0.15, 0.2) is 5.16 Å². The number of aromatic nitrogens is 4. The van der Waals surface area contributed by atoms with E-state index < -0.39 is 0 Å². The molecule has 0 bridgehead atoms. The van der Waals surface area contributed by atoms with Gasteiger partial charge in [-0.2, -0.15) is 4.80 Å². The first-order valence-electron chi connectivity index (χ1n) is 3.15. The molecule has 0 saturated carbocycles. The average molecular weight is 165 g/mol. The van der Waals surface area contributed by atoms with Gasteiger partial charge in [-0.05, 0) is 5.21 Å². The second kappa shape index (κ2) is 4.08. The van der Waals surface area contributed by atoms with E-state index in [-0.39, 0.29) is 6.61 Å². The van der Waals surface area contributed by atoms with Gasteiger partial charge in [-0.15, -0.1) is 16.6 Å². The zero-order chi connectivity index (χ0) is 8.81. The van der Waals surface area contributed by atoms with Crippen LogP contribution in [0.5, 0.6) is 0 Å². The van der Waals surface area contributed by atoms with Crippen LogP contribution in [0.25, 0.3) is 0 Å². The van der Waals surface area contributed by atoms with Crippen molar-refractivity contribution in [3.8, 4) is 12.3 Å². The molecular weight excluding hydrogens is 158 g/mol. The van der Waals surface area contributed by atoms with Gasteiger partial charge >= 0.3 is 0 Å². The minimum absolute atomic E-state index is 0.136. The molecule has 1 aromatic rings. The summed E-state index contributed by atoms with van der Waals surface area (Å²) in [6.45, 7) is 0.136. The maximum Gasteiger partial charge on any atom is 0.219 e. The molecule has 1 aromatic heterocycles. The number of hydrogen-bond donors (Lipinski definition) is 0. The molecule has 6 nitrogen and oxygen atoms in total. The van der Waals surface area contributed by atoms with Gasteiger partial charge in [-0.3, -0.25) is 0 Å². The molecule has 6 heteroatoms. The quantitative estimate of drug-likeness (QED) is 0.254. The second-order valence-electron chi connectivity index (χ2n) is 1.85. The van der Waals surface area contributed by atoms with Crippen molar-refractivity contribution in [2.45, 2.75) is 0 Å². The third-order valence-corrected chi connectivity index (χ3v) is 0.914. The van der Waals surface area contributed by atoms with E-state index in [0.29, 0.717) is 5.82 Å². The Balaban J connectivity index is 2.42. The molecule has 0 spiro atoms. The van der Waals surface area contributed by atoms with Crippen LogP contribution in [-0.2, 0) is 11.9 Å². The van der Waals surface area contributed by atoms with Crippen molar-refractivity contribution in [2.24, 2.45) is 12.2 Å². The monoisotopic (exact) mass is 165 g/mol. The fourth-order valence-electron chi connectivity index (χ4n) is 0.509. The van der Waals surface area contributed by atoms with Gasteiger partial charge < -0.3 is 4.84 Å². The fraction of sp³-hybridized carbons (Fsp3) is 0.333. The Morgan fingerprint density at radius 3 is 3.25 bits per heavy atom. The van der Waals surface area contributed by atoms with Crippen molar-refractivity contribution in [2.75, 3.05) is 6.61 Å². The lowest BCUT2D eigenvalue weighted by Gasteiger charge is -1.86. The number of terminal acetylenes is 1. The Kier molecular flexibility index (Phi) is 2.79. The first kappa shape index (κ1) is 8.20. The second-order valence-corrected chi connectivity index (χ2v) is 1.85. The minimum atomic E-state index is 0.136. The van der Waals surface area contributed by atoms with Gasteiger partial charge in [0.15, 0.2) is 6.61 Å². The van der Waals surface area contributed by atoms with Gasteiger partial charge in [0.2, 0.25) is 5.82 Å². The summed E-state index contributed by atoms with van der Waals surface area (Å²) in [7, 11) is 1.66. The molecule has 0 aromatic carbocycles. The highest BCUT2D eigenvalue weighted by Gasteiger charge is 1.93. The normalized spacial score (nSPS) is 10.0. The molecule has 1 heterocycles. The average Bonchev–Trinajstić information content (AvgIpc) is 2.45. The van der Waals surface area contributed by atoms with Crippen molar-refractivity contribution in [1.82, 2.24) is 20.2 Å². The van der Waals surface area contributed by atoms with Crippen LogP contribution in [0, 0.1) is 12.3 Å². The van der Waals surface area contributed by atoms with Crippen LogP contribution in [0.3, 0.4) is 0 Å². The van der Waals surface area contributed by atoms with Crippen molar-refractivity contribution in [3.63, 3.8) is 0 Å². The largest absolute Gasteiger partial charge is 0.383 e. The van der Waals surface area contributed by atoms with Crippen LogP contribution in [0.2, 0.25) is 0 Å². The van der Waals surface area contributed by atoms with Crippen LogP contribution < -0.4 is 0 Å². The molecule has 0 aliphatic carbocycles. The van der Waals surface area contributed by atoms with Gasteiger partial charge in [-0.1, -0.05) is 11.1 Å². The van der Waals surface area contributed by atoms with E-state index in [1.54, 1.807) is 7.05 Å². The highest BCUT2D eigenvalue weighted by Crippen LogP contribution is 1.79. The molecule has 0 fully saturated rings. The first-order valence-corrected chi connectivity index (χ1v) is 3.15. The van der Waals surface area contributed by atoms with E-state index in [0.717, 1.165) is 0 Å². The number of hydrogen-bond acceptors (Lipinski definition) is 5. The maximum atomic E-state index is 4.92. The van der Waals surface area contributed by atoms with Crippen molar-refractivity contribution in [1.29, 1.82) is 0 Å². The van der Waals surface area contributed by atoms with Crippen molar-refractivity contribution < 1.29 is 4.84 Å². The SMILES string of the molecule is C#CCO/N=C/c1nnn(C)n1. The molecule has 0 N–H and O–H groups in total. The van der Waals surface area contributed by atoms with E-state index in [1.165, 1.54) is 11.0 Å². The molecule has 0 aliphatic heterocycles. The summed E-state index contributed by atoms with van der Waals surface area (Å²) < 4.78 is 0. The summed E-state index contributed by atoms with van der Waals surface area (Å²) >= 11 is 0. The van der Waals surface area contributed by atoms with Gasteiger partial charge in [0.25, 0.3) is 0 Å². The molecule has 0 unspecified atom stereocenters. The third-order valence-electron chi connectivity index (χ3n) is 0.914. The minimum Gasteiger partial charge on any atom is -0.383 e.